The molecule has 3 nitrogen and oxygen atoms in total. The molecule has 0 unspecified atom stereocenters. The Labute approximate surface area is 138 Å². The molecule has 0 atom stereocenters. The van der Waals surface area contributed by atoms with Gasteiger partial charge in [-0.3, -0.25) is 4.79 Å². The largest absolute Gasteiger partial charge is 0.379 e. The lowest BCUT2D eigenvalue weighted by molar-refractivity contribution is -0.125. The highest BCUT2D eigenvalue weighted by Gasteiger charge is 2.35. The van der Waals surface area contributed by atoms with Gasteiger partial charge < -0.3 is 4.74 Å². The van der Waals surface area contributed by atoms with Crippen LogP contribution in [0.25, 0.3) is 0 Å². The first kappa shape index (κ1) is 17.5. The predicted molar refractivity (Wildman–Crippen MR) is 93.6 cm³/mol. The van der Waals surface area contributed by atoms with Crippen molar-refractivity contribution >= 4 is 17.7 Å². The Hall–Kier alpha value is -0.840. The van der Waals surface area contributed by atoms with E-state index in [-0.39, 0.29) is 0 Å². The lowest BCUT2D eigenvalue weighted by Gasteiger charge is -2.31. The highest BCUT2D eigenvalue weighted by atomic mass is 32.2. The smallest absolute Gasteiger partial charge is 0.143 e. The third-order valence-electron chi connectivity index (χ3n) is 4.48. The zero-order valence-electron chi connectivity index (χ0n) is 14.0. The Balaban J connectivity index is 2.27. The number of ketones is 1. The molecule has 0 spiro atoms. The molecule has 0 aromatic heterocycles. The minimum atomic E-state index is -0.428. The van der Waals surface area contributed by atoms with Crippen molar-refractivity contribution in [3.63, 3.8) is 0 Å². The summed E-state index contributed by atoms with van der Waals surface area (Å²) >= 11 is 1.80. The van der Waals surface area contributed by atoms with E-state index in [1.54, 1.807) is 19.1 Å². The molecular formula is C18H27NO2S. The van der Waals surface area contributed by atoms with Crippen molar-refractivity contribution in [2.75, 3.05) is 26.8 Å². The summed E-state index contributed by atoms with van der Waals surface area (Å²) in [7, 11) is 1.73. The minimum absolute atomic E-state index is 0.306. The molecule has 2 rings (SSSR count). The van der Waals surface area contributed by atoms with Crippen molar-refractivity contribution in [3.05, 3.63) is 34.8 Å². The highest BCUT2D eigenvalue weighted by Crippen LogP contribution is 2.40. The number of methoxy groups -OCH3 is 1. The maximum atomic E-state index is 12.2. The molecule has 4 heteroatoms. The first-order valence-corrected chi connectivity index (χ1v) is 8.78. The van der Waals surface area contributed by atoms with Crippen LogP contribution in [-0.4, -0.2) is 36.9 Å². The molecule has 0 bridgehead atoms. The summed E-state index contributed by atoms with van der Waals surface area (Å²) < 4.78 is 7.77. The van der Waals surface area contributed by atoms with Crippen LogP contribution in [0.4, 0.5) is 0 Å². The Bertz CT molecular complexity index is 499. The summed E-state index contributed by atoms with van der Waals surface area (Å²) in [5.41, 5.74) is 1.88. The Morgan fingerprint density at radius 1 is 1.36 bits per heavy atom. The zero-order chi connectivity index (χ0) is 16.2. The number of allylic oxidation sites excluding steroid dienone is 4. The van der Waals surface area contributed by atoms with Gasteiger partial charge in [-0.25, -0.2) is 4.31 Å². The van der Waals surface area contributed by atoms with E-state index in [1.807, 2.05) is 19.9 Å². The lowest BCUT2D eigenvalue weighted by Crippen LogP contribution is -2.30. The molecule has 22 heavy (non-hydrogen) atoms. The van der Waals surface area contributed by atoms with Gasteiger partial charge in [0.1, 0.15) is 5.78 Å². The number of carbonyl (C=O) groups excluding carboxylic acids is 1. The summed E-state index contributed by atoms with van der Waals surface area (Å²) in [4.78, 5) is 13.4. The second-order valence-corrected chi connectivity index (χ2v) is 7.69. The maximum absolute atomic E-state index is 12.2. The van der Waals surface area contributed by atoms with E-state index in [9.17, 15) is 4.79 Å². The van der Waals surface area contributed by atoms with Gasteiger partial charge in [0.05, 0.1) is 6.61 Å². The van der Waals surface area contributed by atoms with Crippen molar-refractivity contribution in [1.29, 1.82) is 0 Å². The molecule has 1 heterocycles. The van der Waals surface area contributed by atoms with E-state index in [2.05, 4.69) is 17.0 Å². The molecule has 0 radical (unpaired) electrons. The van der Waals surface area contributed by atoms with E-state index in [1.165, 1.54) is 23.3 Å². The second kappa shape index (κ2) is 7.62. The Kier molecular flexibility index (Phi) is 6.07. The van der Waals surface area contributed by atoms with Gasteiger partial charge in [-0.2, -0.15) is 0 Å². The monoisotopic (exact) mass is 321 g/mol. The van der Waals surface area contributed by atoms with E-state index in [4.69, 9.17) is 4.74 Å². The predicted octanol–water partition coefficient (Wildman–Crippen LogP) is 4.13. The molecule has 1 aliphatic heterocycles. The number of hydrogen-bond acceptors (Lipinski definition) is 4. The second-order valence-electron chi connectivity index (χ2n) is 6.46. The van der Waals surface area contributed by atoms with Crippen LogP contribution in [0.1, 0.15) is 39.5 Å². The van der Waals surface area contributed by atoms with Crippen LogP contribution in [0.15, 0.2) is 34.8 Å². The number of nitrogens with zero attached hydrogens (tertiary/aromatic N) is 1. The van der Waals surface area contributed by atoms with Crippen molar-refractivity contribution in [2.45, 2.75) is 39.5 Å². The molecule has 0 amide bonds. The third-order valence-corrected chi connectivity index (χ3v) is 5.57. The van der Waals surface area contributed by atoms with Crippen molar-refractivity contribution < 1.29 is 9.53 Å². The number of Topliss-reactive ketones (excluding diaryl/α,β-unsaturated/α-hetero) is 1. The summed E-state index contributed by atoms with van der Waals surface area (Å²) in [6, 6.07) is 0. The zero-order valence-corrected chi connectivity index (χ0v) is 14.8. The summed E-state index contributed by atoms with van der Waals surface area (Å²) in [5.74, 6) is 0.306. The summed E-state index contributed by atoms with van der Waals surface area (Å²) in [5, 5.41) is 0. The number of ether oxygens (including phenoxy) is 1. The van der Waals surface area contributed by atoms with Crippen molar-refractivity contribution in [3.8, 4) is 0 Å². The van der Waals surface area contributed by atoms with Gasteiger partial charge in [0.25, 0.3) is 0 Å². The van der Waals surface area contributed by atoms with Crippen LogP contribution in [0.2, 0.25) is 0 Å². The van der Waals surface area contributed by atoms with E-state index < -0.39 is 5.41 Å². The van der Waals surface area contributed by atoms with E-state index in [0.717, 1.165) is 25.1 Å². The van der Waals surface area contributed by atoms with Crippen molar-refractivity contribution in [2.24, 2.45) is 5.41 Å². The SMILES string of the molecule is C=CC1=C(/C=C(\COC)SN2CCCC2)CCC(=O)C1(C)C. The van der Waals surface area contributed by atoms with Gasteiger partial charge in [-0.1, -0.05) is 12.7 Å². The summed E-state index contributed by atoms with van der Waals surface area (Å²) in [6.07, 6.45) is 8.04. The van der Waals surface area contributed by atoms with Crippen LogP contribution in [0, 0.1) is 5.41 Å². The highest BCUT2D eigenvalue weighted by molar-refractivity contribution is 8.00. The minimum Gasteiger partial charge on any atom is -0.379 e. The number of hydrogen-bond donors (Lipinski definition) is 0. The van der Waals surface area contributed by atoms with Gasteiger partial charge >= 0.3 is 0 Å². The molecule has 122 valence electrons. The Morgan fingerprint density at radius 2 is 2.05 bits per heavy atom. The molecular weight excluding hydrogens is 294 g/mol. The average Bonchev–Trinajstić information content (AvgIpc) is 2.96. The quantitative estimate of drug-likeness (QED) is 0.688. The topological polar surface area (TPSA) is 29.5 Å². The normalized spacial score (nSPS) is 23.2. The first-order chi connectivity index (χ1) is 10.5. The van der Waals surface area contributed by atoms with Crippen LogP contribution < -0.4 is 0 Å². The van der Waals surface area contributed by atoms with Crippen LogP contribution in [-0.2, 0) is 9.53 Å². The van der Waals surface area contributed by atoms with E-state index >= 15 is 0 Å². The molecule has 0 aromatic carbocycles. The van der Waals surface area contributed by atoms with Gasteiger partial charge in [0, 0.05) is 36.9 Å². The number of rotatable bonds is 6. The fourth-order valence-electron chi connectivity index (χ4n) is 3.16. The number of carbonyl (C=O) groups is 1. The molecule has 1 saturated heterocycles. The molecule has 1 fully saturated rings. The van der Waals surface area contributed by atoms with Gasteiger partial charge in [0.2, 0.25) is 0 Å². The van der Waals surface area contributed by atoms with E-state index in [0.29, 0.717) is 18.8 Å². The van der Waals surface area contributed by atoms with Crippen LogP contribution >= 0.6 is 11.9 Å². The summed E-state index contributed by atoms with van der Waals surface area (Å²) in [6.45, 7) is 10.8. The van der Waals surface area contributed by atoms with Gasteiger partial charge in [0.15, 0.2) is 0 Å². The molecule has 1 aliphatic carbocycles. The molecule has 0 saturated carbocycles. The third kappa shape index (κ3) is 3.92. The maximum Gasteiger partial charge on any atom is 0.143 e. The standard InChI is InChI=1S/C18H27NO2S/c1-5-16-14(8-9-17(20)18(16,2)3)12-15(13-21-4)22-19-10-6-7-11-19/h5,12H,1,6-11,13H2,2-4H3/b15-12+. The van der Waals surface area contributed by atoms with Crippen molar-refractivity contribution in [1.82, 2.24) is 4.31 Å². The molecule has 0 aromatic rings. The Morgan fingerprint density at radius 3 is 2.64 bits per heavy atom. The van der Waals surface area contributed by atoms with Gasteiger partial charge in [-0.15, -0.1) is 0 Å². The van der Waals surface area contributed by atoms with Gasteiger partial charge in [-0.05, 0) is 62.3 Å². The first-order valence-electron chi connectivity index (χ1n) is 8.01. The fraction of sp³-hybridized carbons (Fsp3) is 0.611. The van der Waals surface area contributed by atoms with Crippen LogP contribution in [0.3, 0.4) is 0 Å². The lowest BCUT2D eigenvalue weighted by atomic mass is 9.71. The molecule has 2 aliphatic rings. The molecule has 0 N–H and O–H groups in total. The average molecular weight is 321 g/mol. The van der Waals surface area contributed by atoms with Crippen LogP contribution in [0.5, 0.6) is 0 Å². The fourth-order valence-corrected chi connectivity index (χ4v) is 4.30.